The van der Waals surface area contributed by atoms with E-state index in [0.29, 0.717) is 32.4 Å². The maximum absolute atomic E-state index is 13.6. The van der Waals surface area contributed by atoms with Gasteiger partial charge in [-0.25, -0.2) is 4.39 Å². The van der Waals surface area contributed by atoms with Crippen LogP contribution in [-0.2, 0) is 4.79 Å². The molecule has 0 aromatic rings. The molecule has 2 rings (SSSR count). The van der Waals surface area contributed by atoms with Crippen LogP contribution in [-0.4, -0.2) is 40.8 Å². The molecular formula is C9H14FNO2. The molecule has 0 radical (unpaired) electrons. The standard InChI is InChI=1S/C9H14FNO2/c10-9(3-1-4-9)8(13)11-5-2-7(12)6-11/h7,12H,1-6H2/t7-/m0/s1. The lowest BCUT2D eigenvalue weighted by atomic mass is 9.81. The smallest absolute Gasteiger partial charge is 0.260 e. The number of hydrogen-bond donors (Lipinski definition) is 1. The fraction of sp³-hybridized carbons (Fsp3) is 0.889. The van der Waals surface area contributed by atoms with Gasteiger partial charge in [-0.2, -0.15) is 0 Å². The molecule has 3 nitrogen and oxygen atoms in total. The van der Waals surface area contributed by atoms with Crippen LogP contribution in [0.1, 0.15) is 25.7 Å². The fourth-order valence-electron chi connectivity index (χ4n) is 1.91. The number of carbonyl (C=O) groups is 1. The molecule has 1 atom stereocenters. The lowest BCUT2D eigenvalue weighted by Gasteiger charge is -2.35. The zero-order valence-corrected chi connectivity index (χ0v) is 7.50. The molecule has 1 aliphatic heterocycles. The van der Waals surface area contributed by atoms with Gasteiger partial charge in [-0.1, -0.05) is 0 Å². The number of carbonyl (C=O) groups excluding carboxylic acids is 1. The third-order valence-electron chi connectivity index (χ3n) is 2.98. The molecule has 0 aromatic heterocycles. The first kappa shape index (κ1) is 8.94. The number of halogens is 1. The summed E-state index contributed by atoms with van der Waals surface area (Å²) >= 11 is 0. The van der Waals surface area contributed by atoms with E-state index in [1.165, 1.54) is 4.90 Å². The molecule has 4 heteroatoms. The van der Waals surface area contributed by atoms with Crippen LogP contribution in [0.4, 0.5) is 4.39 Å². The zero-order chi connectivity index (χ0) is 9.47. The Bertz CT molecular complexity index is 228. The van der Waals surface area contributed by atoms with Gasteiger partial charge >= 0.3 is 0 Å². The highest BCUT2D eigenvalue weighted by Gasteiger charge is 2.47. The van der Waals surface area contributed by atoms with Crippen LogP contribution < -0.4 is 0 Å². The van der Waals surface area contributed by atoms with E-state index in [1.807, 2.05) is 0 Å². The molecule has 1 saturated carbocycles. The largest absolute Gasteiger partial charge is 0.391 e. The third-order valence-corrected chi connectivity index (χ3v) is 2.98. The Morgan fingerprint density at radius 2 is 2.23 bits per heavy atom. The molecule has 0 aromatic carbocycles. The second kappa shape index (κ2) is 2.94. The van der Waals surface area contributed by atoms with Gasteiger partial charge in [0, 0.05) is 13.1 Å². The van der Waals surface area contributed by atoms with Crippen molar-refractivity contribution >= 4 is 5.91 Å². The van der Waals surface area contributed by atoms with Crippen LogP contribution >= 0.6 is 0 Å². The Kier molecular flexibility index (Phi) is 2.02. The van der Waals surface area contributed by atoms with Crippen LogP contribution in [0.3, 0.4) is 0 Å². The molecule has 0 spiro atoms. The number of amides is 1. The lowest BCUT2D eigenvalue weighted by Crippen LogP contribution is -2.49. The maximum Gasteiger partial charge on any atom is 0.260 e. The van der Waals surface area contributed by atoms with Crippen molar-refractivity contribution in [2.45, 2.75) is 37.5 Å². The fourth-order valence-corrected chi connectivity index (χ4v) is 1.91. The molecule has 1 aliphatic carbocycles. The minimum absolute atomic E-state index is 0.310. The van der Waals surface area contributed by atoms with E-state index in [4.69, 9.17) is 0 Å². The molecule has 0 bridgehead atoms. The first-order valence-electron chi connectivity index (χ1n) is 4.78. The van der Waals surface area contributed by atoms with Crippen molar-refractivity contribution in [3.63, 3.8) is 0 Å². The topological polar surface area (TPSA) is 40.5 Å². The Balaban J connectivity index is 1.97. The van der Waals surface area contributed by atoms with Gasteiger partial charge in [0.1, 0.15) is 0 Å². The highest BCUT2D eigenvalue weighted by atomic mass is 19.1. The van der Waals surface area contributed by atoms with Crippen molar-refractivity contribution < 1.29 is 14.3 Å². The van der Waals surface area contributed by atoms with E-state index < -0.39 is 17.7 Å². The summed E-state index contributed by atoms with van der Waals surface area (Å²) in [5, 5.41) is 9.19. The van der Waals surface area contributed by atoms with Crippen molar-refractivity contribution in [3.8, 4) is 0 Å². The van der Waals surface area contributed by atoms with Gasteiger partial charge in [-0.05, 0) is 25.7 Å². The van der Waals surface area contributed by atoms with Crippen molar-refractivity contribution in [2.24, 2.45) is 0 Å². The van der Waals surface area contributed by atoms with E-state index >= 15 is 0 Å². The summed E-state index contributed by atoms with van der Waals surface area (Å²) in [4.78, 5) is 13.0. The molecule has 74 valence electrons. The minimum Gasteiger partial charge on any atom is -0.391 e. The number of β-amino-alcohol motifs (C(OH)–C–C–N with tert-alkyl or cyclic N) is 1. The predicted molar refractivity (Wildman–Crippen MR) is 44.9 cm³/mol. The molecular weight excluding hydrogens is 173 g/mol. The summed E-state index contributed by atoms with van der Waals surface area (Å²) in [6.07, 6.45) is 1.66. The van der Waals surface area contributed by atoms with Gasteiger partial charge in [-0.15, -0.1) is 0 Å². The first-order chi connectivity index (χ1) is 6.12. The first-order valence-corrected chi connectivity index (χ1v) is 4.78. The van der Waals surface area contributed by atoms with Crippen molar-refractivity contribution in [2.75, 3.05) is 13.1 Å². The molecule has 1 heterocycles. The predicted octanol–water partition coefficient (Wildman–Crippen LogP) is 0.472. The van der Waals surface area contributed by atoms with Crippen molar-refractivity contribution in [1.29, 1.82) is 0 Å². The zero-order valence-electron chi connectivity index (χ0n) is 7.50. The van der Waals surface area contributed by atoms with E-state index in [2.05, 4.69) is 0 Å². The highest BCUT2D eigenvalue weighted by Crippen LogP contribution is 2.38. The monoisotopic (exact) mass is 187 g/mol. The molecule has 2 fully saturated rings. The van der Waals surface area contributed by atoms with Crippen molar-refractivity contribution in [3.05, 3.63) is 0 Å². The van der Waals surface area contributed by atoms with Gasteiger partial charge in [-0.3, -0.25) is 4.79 Å². The second-order valence-electron chi connectivity index (χ2n) is 4.01. The number of nitrogens with zero attached hydrogens (tertiary/aromatic N) is 1. The molecule has 1 N–H and O–H groups in total. The Morgan fingerprint density at radius 1 is 1.54 bits per heavy atom. The van der Waals surface area contributed by atoms with Crippen LogP contribution in [0.5, 0.6) is 0 Å². The SMILES string of the molecule is O=C(N1CC[C@H](O)C1)C1(F)CCC1. The van der Waals surface area contributed by atoms with Crippen LogP contribution in [0.2, 0.25) is 0 Å². The van der Waals surface area contributed by atoms with Gasteiger partial charge in [0.15, 0.2) is 5.67 Å². The number of aliphatic hydroxyl groups excluding tert-OH is 1. The summed E-state index contributed by atoms with van der Waals surface area (Å²) in [5.74, 6) is -0.407. The maximum atomic E-state index is 13.6. The Hall–Kier alpha value is -0.640. The Labute approximate surface area is 76.5 Å². The highest BCUT2D eigenvalue weighted by molar-refractivity contribution is 5.86. The van der Waals surface area contributed by atoms with E-state index in [9.17, 15) is 14.3 Å². The number of alkyl halides is 1. The molecule has 1 saturated heterocycles. The number of rotatable bonds is 1. The van der Waals surface area contributed by atoms with Gasteiger partial charge in [0.2, 0.25) is 0 Å². The van der Waals surface area contributed by atoms with Crippen LogP contribution in [0, 0.1) is 0 Å². The normalized spacial score (nSPS) is 31.5. The molecule has 13 heavy (non-hydrogen) atoms. The summed E-state index contributed by atoms with van der Waals surface area (Å²) in [5.41, 5.74) is -1.59. The number of aliphatic hydroxyl groups is 1. The molecule has 2 aliphatic rings. The number of hydrogen-bond acceptors (Lipinski definition) is 2. The summed E-state index contributed by atoms with van der Waals surface area (Å²) in [7, 11) is 0. The molecule has 1 amide bonds. The van der Waals surface area contributed by atoms with Gasteiger partial charge < -0.3 is 10.0 Å². The third kappa shape index (κ3) is 1.43. The summed E-state index contributed by atoms with van der Waals surface area (Å²) < 4.78 is 13.6. The van der Waals surface area contributed by atoms with E-state index in [-0.39, 0.29) is 0 Å². The van der Waals surface area contributed by atoms with Crippen LogP contribution in [0.25, 0.3) is 0 Å². The van der Waals surface area contributed by atoms with Gasteiger partial charge in [0.05, 0.1) is 6.10 Å². The summed E-state index contributed by atoms with van der Waals surface area (Å²) in [6, 6.07) is 0. The lowest BCUT2D eigenvalue weighted by molar-refractivity contribution is -0.149. The summed E-state index contributed by atoms with van der Waals surface area (Å²) in [6.45, 7) is 0.816. The average molecular weight is 187 g/mol. The second-order valence-corrected chi connectivity index (χ2v) is 4.01. The van der Waals surface area contributed by atoms with Gasteiger partial charge in [0.25, 0.3) is 5.91 Å². The Morgan fingerprint density at radius 3 is 2.62 bits per heavy atom. The number of likely N-dealkylation sites (tertiary alicyclic amines) is 1. The van der Waals surface area contributed by atoms with E-state index in [1.54, 1.807) is 0 Å². The van der Waals surface area contributed by atoms with E-state index in [0.717, 1.165) is 6.42 Å². The quantitative estimate of drug-likeness (QED) is 0.648. The average Bonchev–Trinajstić information content (AvgIpc) is 2.46. The molecule has 0 unspecified atom stereocenters. The minimum atomic E-state index is -1.59. The van der Waals surface area contributed by atoms with Crippen LogP contribution in [0.15, 0.2) is 0 Å². The van der Waals surface area contributed by atoms with Crippen molar-refractivity contribution in [1.82, 2.24) is 4.90 Å².